The molecule has 0 unspecified atom stereocenters. The highest BCUT2D eigenvalue weighted by molar-refractivity contribution is 6.44. The van der Waals surface area contributed by atoms with Gasteiger partial charge in [-0.15, -0.1) is 0 Å². The lowest BCUT2D eigenvalue weighted by Gasteiger charge is -2.01. The number of hydrogen-bond donors (Lipinski definition) is 2. The maximum atomic E-state index is 11.6. The molecule has 7 heteroatoms. The molecule has 18 heavy (non-hydrogen) atoms. The van der Waals surface area contributed by atoms with Gasteiger partial charge < -0.3 is 0 Å². The van der Waals surface area contributed by atoms with Crippen LogP contribution in [-0.4, -0.2) is 28.7 Å². The zero-order chi connectivity index (χ0) is 13.0. The average Bonchev–Trinajstić information content (AvgIpc) is 2.71. The van der Waals surface area contributed by atoms with E-state index in [1.165, 1.54) is 6.21 Å². The smallest absolute Gasteiger partial charge is 0.272 e. The van der Waals surface area contributed by atoms with Crippen LogP contribution >= 0.6 is 0 Å². The Labute approximate surface area is 103 Å². The number of nitrogens with zero attached hydrogens (tertiary/aromatic N) is 3. The molecular formula is C11H11N5O2. The largest absolute Gasteiger partial charge is 0.288 e. The van der Waals surface area contributed by atoms with E-state index in [1.54, 1.807) is 31.5 Å². The lowest BCUT2D eigenvalue weighted by molar-refractivity contribution is -0.122. The highest BCUT2D eigenvalue weighted by atomic mass is 16.2. The summed E-state index contributed by atoms with van der Waals surface area (Å²) in [6.45, 7) is 1.60. The first kappa shape index (κ1) is 11.9. The second-order valence-electron chi connectivity index (χ2n) is 3.68. The van der Waals surface area contributed by atoms with Crippen molar-refractivity contribution in [2.75, 3.05) is 0 Å². The van der Waals surface area contributed by atoms with Crippen LogP contribution in [0, 0.1) is 5.92 Å². The first-order valence-corrected chi connectivity index (χ1v) is 5.29. The Morgan fingerprint density at radius 3 is 3.06 bits per heavy atom. The fourth-order valence-corrected chi connectivity index (χ4v) is 1.36. The predicted molar refractivity (Wildman–Crippen MR) is 64.7 cm³/mol. The van der Waals surface area contributed by atoms with Crippen LogP contribution in [-0.2, 0) is 9.59 Å². The van der Waals surface area contributed by atoms with Gasteiger partial charge in [0.1, 0.15) is 5.71 Å². The molecule has 2 N–H and O–H groups in total. The van der Waals surface area contributed by atoms with Gasteiger partial charge in [-0.2, -0.15) is 10.2 Å². The molecule has 0 fully saturated rings. The molecule has 0 radical (unpaired) electrons. The van der Waals surface area contributed by atoms with E-state index in [9.17, 15) is 9.59 Å². The Balaban J connectivity index is 1.93. The minimum atomic E-state index is -0.557. The number of carbonyl (C=O) groups excluding carboxylic acids is 2. The summed E-state index contributed by atoms with van der Waals surface area (Å²) in [4.78, 5) is 26.7. The van der Waals surface area contributed by atoms with E-state index in [0.29, 0.717) is 0 Å². The second kappa shape index (κ2) is 5.17. The Morgan fingerprint density at radius 2 is 2.44 bits per heavy atom. The van der Waals surface area contributed by atoms with Gasteiger partial charge in [0, 0.05) is 18.0 Å². The van der Waals surface area contributed by atoms with Crippen LogP contribution in [0.3, 0.4) is 0 Å². The fourth-order valence-electron chi connectivity index (χ4n) is 1.36. The number of rotatable bonds is 3. The number of aromatic nitrogens is 1. The van der Waals surface area contributed by atoms with Gasteiger partial charge in [-0.25, -0.2) is 10.9 Å². The molecule has 1 atom stereocenters. The normalized spacial score (nSPS) is 18.6. The molecule has 0 aliphatic carbocycles. The van der Waals surface area contributed by atoms with Crippen molar-refractivity contribution in [3.63, 3.8) is 0 Å². The van der Waals surface area contributed by atoms with E-state index in [4.69, 9.17) is 0 Å². The van der Waals surface area contributed by atoms with Gasteiger partial charge in [0.25, 0.3) is 5.91 Å². The maximum absolute atomic E-state index is 11.6. The minimum absolute atomic E-state index is 0.128. The van der Waals surface area contributed by atoms with Gasteiger partial charge in [0.2, 0.25) is 5.91 Å². The van der Waals surface area contributed by atoms with Crippen LogP contribution in [0.25, 0.3) is 0 Å². The Hall–Kier alpha value is -2.57. The lowest BCUT2D eigenvalue weighted by Crippen LogP contribution is -2.32. The highest BCUT2D eigenvalue weighted by Crippen LogP contribution is 2.05. The number of nitrogens with one attached hydrogen (secondary N) is 2. The van der Waals surface area contributed by atoms with Crippen molar-refractivity contribution in [2.24, 2.45) is 16.1 Å². The number of hydrazone groups is 2. The summed E-state index contributed by atoms with van der Waals surface area (Å²) in [6, 6.07) is 3.55. The molecule has 1 aliphatic rings. The minimum Gasteiger partial charge on any atom is -0.272 e. The Bertz CT molecular complexity index is 523. The van der Waals surface area contributed by atoms with Crippen molar-refractivity contribution in [1.82, 2.24) is 15.8 Å². The van der Waals surface area contributed by atoms with Crippen molar-refractivity contribution >= 4 is 23.7 Å². The van der Waals surface area contributed by atoms with Gasteiger partial charge in [-0.1, -0.05) is 6.07 Å². The number of carbonyl (C=O) groups is 2. The summed E-state index contributed by atoms with van der Waals surface area (Å²) in [7, 11) is 0. The molecule has 0 bridgehead atoms. The van der Waals surface area contributed by atoms with Gasteiger partial charge >= 0.3 is 0 Å². The maximum Gasteiger partial charge on any atom is 0.288 e. The van der Waals surface area contributed by atoms with E-state index in [-0.39, 0.29) is 11.6 Å². The zero-order valence-corrected chi connectivity index (χ0v) is 9.62. The monoisotopic (exact) mass is 245 g/mol. The molecule has 7 nitrogen and oxygen atoms in total. The third kappa shape index (κ3) is 2.57. The van der Waals surface area contributed by atoms with Crippen molar-refractivity contribution in [1.29, 1.82) is 0 Å². The van der Waals surface area contributed by atoms with Crippen LogP contribution in [0.2, 0.25) is 0 Å². The van der Waals surface area contributed by atoms with E-state index < -0.39 is 11.8 Å². The number of pyridine rings is 1. The van der Waals surface area contributed by atoms with E-state index in [1.807, 2.05) is 0 Å². The first-order valence-electron chi connectivity index (χ1n) is 5.29. The zero-order valence-electron chi connectivity index (χ0n) is 9.62. The Morgan fingerprint density at radius 1 is 1.61 bits per heavy atom. The molecule has 0 spiro atoms. The molecule has 0 aromatic carbocycles. The molecule has 92 valence electrons. The summed E-state index contributed by atoms with van der Waals surface area (Å²) < 4.78 is 0. The van der Waals surface area contributed by atoms with Crippen molar-refractivity contribution in [3.8, 4) is 0 Å². The topological polar surface area (TPSA) is 95.8 Å². The molecular weight excluding hydrogens is 234 g/mol. The summed E-state index contributed by atoms with van der Waals surface area (Å²) in [6.07, 6.45) is 4.71. The van der Waals surface area contributed by atoms with Crippen LogP contribution in [0.5, 0.6) is 0 Å². The van der Waals surface area contributed by atoms with Crippen LogP contribution in [0.4, 0.5) is 0 Å². The van der Waals surface area contributed by atoms with Crippen molar-refractivity contribution in [3.05, 3.63) is 30.1 Å². The molecule has 2 heterocycles. The predicted octanol–water partition coefficient (Wildman–Crippen LogP) is -0.346. The second-order valence-corrected chi connectivity index (χ2v) is 3.68. The number of amides is 2. The van der Waals surface area contributed by atoms with Gasteiger partial charge in [-0.05, 0) is 13.0 Å². The lowest BCUT2D eigenvalue weighted by atomic mass is 10.1. The highest BCUT2D eigenvalue weighted by Gasteiger charge is 2.30. The standard InChI is InChI=1S/C11H11N5O2/c1-7-9(14-16-10(7)17)11(18)15-13-6-8-3-2-4-12-5-8/h2-7H,1H3,(H,15,18)(H,16,17)/b13-6-/t7-/m1/s1. The molecule has 2 rings (SSSR count). The summed E-state index contributed by atoms with van der Waals surface area (Å²) in [5.41, 5.74) is 5.42. The molecule has 0 saturated heterocycles. The molecule has 0 saturated carbocycles. The summed E-state index contributed by atoms with van der Waals surface area (Å²) >= 11 is 0. The third-order valence-electron chi connectivity index (χ3n) is 2.39. The van der Waals surface area contributed by atoms with Crippen LogP contribution in [0.1, 0.15) is 12.5 Å². The van der Waals surface area contributed by atoms with E-state index >= 15 is 0 Å². The average molecular weight is 245 g/mol. The van der Waals surface area contributed by atoms with Gasteiger partial charge in [-0.3, -0.25) is 14.6 Å². The van der Waals surface area contributed by atoms with Crippen LogP contribution < -0.4 is 10.9 Å². The third-order valence-corrected chi connectivity index (χ3v) is 2.39. The van der Waals surface area contributed by atoms with Crippen molar-refractivity contribution < 1.29 is 9.59 Å². The fraction of sp³-hybridized carbons (Fsp3) is 0.182. The number of hydrogen-bond acceptors (Lipinski definition) is 5. The Kier molecular flexibility index (Phi) is 3.42. The first-order chi connectivity index (χ1) is 8.68. The van der Waals surface area contributed by atoms with Gasteiger partial charge in [0.15, 0.2) is 0 Å². The molecule has 1 aromatic rings. The van der Waals surface area contributed by atoms with Crippen LogP contribution in [0.15, 0.2) is 34.7 Å². The molecule has 2 amide bonds. The SMILES string of the molecule is C[C@H]1C(=O)NN=C1C(=O)N/N=C\c1cccnc1. The summed E-state index contributed by atoms with van der Waals surface area (Å²) in [5.74, 6) is -1.35. The molecule has 1 aromatic heterocycles. The van der Waals surface area contributed by atoms with Gasteiger partial charge in [0.05, 0.1) is 12.1 Å². The van der Waals surface area contributed by atoms with E-state index in [0.717, 1.165) is 5.56 Å². The quantitative estimate of drug-likeness (QED) is 0.563. The van der Waals surface area contributed by atoms with Crippen molar-refractivity contribution in [2.45, 2.75) is 6.92 Å². The molecule has 1 aliphatic heterocycles. The van der Waals surface area contributed by atoms with E-state index in [2.05, 4.69) is 26.0 Å². The summed E-state index contributed by atoms with van der Waals surface area (Å²) in [5, 5.41) is 7.40.